The SMILES string of the molecule is O=C(/C=C/c1ccccc1)OCc1nc2ccsc2c(=O)[nH]1. The number of nitrogens with one attached hydrogen (secondary N) is 1. The van der Waals surface area contributed by atoms with E-state index in [0.29, 0.717) is 16.0 Å². The molecule has 5 nitrogen and oxygen atoms in total. The van der Waals surface area contributed by atoms with Crippen LogP contribution in [0.5, 0.6) is 0 Å². The van der Waals surface area contributed by atoms with Gasteiger partial charge in [0.2, 0.25) is 0 Å². The van der Waals surface area contributed by atoms with Crippen LogP contribution >= 0.6 is 11.3 Å². The molecule has 0 unspecified atom stereocenters. The van der Waals surface area contributed by atoms with E-state index >= 15 is 0 Å². The van der Waals surface area contributed by atoms with Gasteiger partial charge in [-0.2, -0.15) is 0 Å². The number of nitrogens with zero attached hydrogens (tertiary/aromatic N) is 1. The molecule has 0 atom stereocenters. The van der Waals surface area contributed by atoms with Crippen LogP contribution in [0.4, 0.5) is 0 Å². The molecule has 3 aromatic rings. The summed E-state index contributed by atoms with van der Waals surface area (Å²) in [6.45, 7) is -0.0704. The van der Waals surface area contributed by atoms with E-state index in [1.165, 1.54) is 17.4 Å². The van der Waals surface area contributed by atoms with E-state index in [9.17, 15) is 9.59 Å². The quantitative estimate of drug-likeness (QED) is 0.594. The fraction of sp³-hybridized carbons (Fsp3) is 0.0625. The Bertz CT molecular complexity index is 881. The van der Waals surface area contributed by atoms with Gasteiger partial charge in [0.15, 0.2) is 0 Å². The van der Waals surface area contributed by atoms with Crippen molar-refractivity contribution in [1.29, 1.82) is 0 Å². The summed E-state index contributed by atoms with van der Waals surface area (Å²) in [5.74, 6) is -0.158. The molecule has 6 heteroatoms. The molecule has 2 aromatic heterocycles. The first-order valence-electron chi connectivity index (χ1n) is 6.59. The van der Waals surface area contributed by atoms with Crippen molar-refractivity contribution in [2.45, 2.75) is 6.61 Å². The number of hydrogen-bond acceptors (Lipinski definition) is 5. The van der Waals surface area contributed by atoms with Gasteiger partial charge in [-0.05, 0) is 23.1 Å². The standard InChI is InChI=1S/C16H12N2O3S/c19-14(7-6-11-4-2-1-3-5-11)21-10-13-17-12-8-9-22-15(12)16(20)18-13/h1-9H,10H2,(H,17,18,20)/b7-6+. The number of carbonyl (C=O) groups excluding carboxylic acids is 1. The van der Waals surface area contributed by atoms with Crippen molar-refractivity contribution in [2.75, 3.05) is 0 Å². The number of benzene rings is 1. The number of aromatic amines is 1. The summed E-state index contributed by atoms with van der Waals surface area (Å²) in [7, 11) is 0. The van der Waals surface area contributed by atoms with Crippen molar-refractivity contribution in [3.8, 4) is 0 Å². The third-order valence-corrected chi connectivity index (χ3v) is 3.83. The highest BCUT2D eigenvalue weighted by Crippen LogP contribution is 2.13. The molecule has 0 aliphatic heterocycles. The van der Waals surface area contributed by atoms with Gasteiger partial charge in [0.05, 0.1) is 5.52 Å². The highest BCUT2D eigenvalue weighted by atomic mass is 32.1. The smallest absolute Gasteiger partial charge is 0.331 e. The first-order valence-corrected chi connectivity index (χ1v) is 7.46. The molecule has 0 saturated carbocycles. The molecule has 0 aliphatic carbocycles. The normalized spacial score (nSPS) is 11.1. The van der Waals surface area contributed by atoms with Gasteiger partial charge < -0.3 is 9.72 Å². The number of carbonyl (C=O) groups is 1. The van der Waals surface area contributed by atoms with E-state index in [2.05, 4.69) is 9.97 Å². The summed E-state index contributed by atoms with van der Waals surface area (Å²) < 4.78 is 5.64. The highest BCUT2D eigenvalue weighted by Gasteiger charge is 2.06. The van der Waals surface area contributed by atoms with E-state index in [4.69, 9.17) is 4.74 Å². The van der Waals surface area contributed by atoms with E-state index in [1.807, 2.05) is 30.3 Å². The summed E-state index contributed by atoms with van der Waals surface area (Å²) in [5, 5.41) is 1.80. The number of thiophene rings is 1. The van der Waals surface area contributed by atoms with Gasteiger partial charge in [0.25, 0.3) is 5.56 Å². The Morgan fingerprint density at radius 3 is 2.91 bits per heavy atom. The van der Waals surface area contributed by atoms with Gasteiger partial charge in [-0.3, -0.25) is 4.79 Å². The average molecular weight is 312 g/mol. The first-order chi connectivity index (χ1) is 10.7. The molecule has 0 spiro atoms. The summed E-state index contributed by atoms with van der Waals surface area (Å²) in [4.78, 5) is 30.3. The van der Waals surface area contributed by atoms with Crippen molar-refractivity contribution >= 4 is 33.6 Å². The Balaban J connectivity index is 1.65. The van der Waals surface area contributed by atoms with Crippen LogP contribution < -0.4 is 5.56 Å². The zero-order valence-electron chi connectivity index (χ0n) is 11.5. The Hall–Kier alpha value is -2.73. The predicted octanol–water partition coefficient (Wildman–Crippen LogP) is 2.74. The van der Waals surface area contributed by atoms with E-state index in [0.717, 1.165) is 5.56 Å². The topological polar surface area (TPSA) is 72.0 Å². The largest absolute Gasteiger partial charge is 0.454 e. The van der Waals surface area contributed by atoms with Crippen LogP contribution in [-0.2, 0) is 16.1 Å². The van der Waals surface area contributed by atoms with Crippen LogP contribution in [0.3, 0.4) is 0 Å². The number of esters is 1. The van der Waals surface area contributed by atoms with E-state index in [-0.39, 0.29) is 12.2 Å². The molecule has 1 N–H and O–H groups in total. The van der Waals surface area contributed by atoms with Crippen molar-refractivity contribution in [2.24, 2.45) is 0 Å². The summed E-state index contributed by atoms with van der Waals surface area (Å²) in [6.07, 6.45) is 3.01. The molecule has 0 bridgehead atoms. The lowest BCUT2D eigenvalue weighted by atomic mass is 10.2. The van der Waals surface area contributed by atoms with Gasteiger partial charge in [-0.15, -0.1) is 11.3 Å². The number of fused-ring (bicyclic) bond motifs is 1. The Labute approximate surface area is 129 Å². The third-order valence-electron chi connectivity index (χ3n) is 2.93. The minimum Gasteiger partial charge on any atom is -0.454 e. The van der Waals surface area contributed by atoms with Crippen LogP contribution in [0.25, 0.3) is 16.3 Å². The lowest BCUT2D eigenvalue weighted by Gasteiger charge is -2.01. The van der Waals surface area contributed by atoms with Gasteiger partial charge in [-0.1, -0.05) is 30.3 Å². The summed E-state index contributed by atoms with van der Waals surface area (Å²) in [5.41, 5.74) is 1.30. The van der Waals surface area contributed by atoms with Gasteiger partial charge in [0.1, 0.15) is 17.1 Å². The van der Waals surface area contributed by atoms with Crippen molar-refractivity contribution in [1.82, 2.24) is 9.97 Å². The van der Waals surface area contributed by atoms with E-state index in [1.54, 1.807) is 17.5 Å². The number of ether oxygens (including phenoxy) is 1. The fourth-order valence-corrected chi connectivity index (χ4v) is 2.63. The lowest BCUT2D eigenvalue weighted by Crippen LogP contribution is -2.12. The number of rotatable bonds is 4. The maximum atomic E-state index is 11.8. The Morgan fingerprint density at radius 1 is 1.27 bits per heavy atom. The fourth-order valence-electron chi connectivity index (χ4n) is 1.91. The summed E-state index contributed by atoms with van der Waals surface area (Å²) >= 11 is 1.33. The van der Waals surface area contributed by atoms with Crippen LogP contribution in [0, 0.1) is 0 Å². The summed E-state index contributed by atoms with van der Waals surface area (Å²) in [6, 6.07) is 11.2. The highest BCUT2D eigenvalue weighted by molar-refractivity contribution is 7.17. The van der Waals surface area contributed by atoms with Gasteiger partial charge in [-0.25, -0.2) is 9.78 Å². The van der Waals surface area contributed by atoms with Crippen LogP contribution in [0.15, 0.2) is 52.6 Å². The van der Waals surface area contributed by atoms with Gasteiger partial charge >= 0.3 is 5.97 Å². The zero-order valence-corrected chi connectivity index (χ0v) is 12.3. The average Bonchev–Trinajstić information content (AvgIpc) is 3.01. The first kappa shape index (κ1) is 14.2. The monoisotopic (exact) mass is 312 g/mol. The van der Waals surface area contributed by atoms with Crippen molar-refractivity contribution in [3.63, 3.8) is 0 Å². The second-order valence-electron chi connectivity index (χ2n) is 4.50. The molecule has 0 amide bonds. The number of aromatic nitrogens is 2. The van der Waals surface area contributed by atoms with Crippen LogP contribution in [-0.4, -0.2) is 15.9 Å². The van der Waals surface area contributed by atoms with Crippen LogP contribution in [0.2, 0.25) is 0 Å². The molecular weight excluding hydrogens is 300 g/mol. The maximum Gasteiger partial charge on any atom is 0.331 e. The molecule has 3 rings (SSSR count). The molecule has 0 radical (unpaired) electrons. The minimum absolute atomic E-state index is 0.0704. The molecular formula is C16H12N2O3S. The Morgan fingerprint density at radius 2 is 2.09 bits per heavy atom. The molecule has 22 heavy (non-hydrogen) atoms. The number of hydrogen-bond donors (Lipinski definition) is 1. The predicted molar refractivity (Wildman–Crippen MR) is 85.5 cm³/mol. The Kier molecular flexibility index (Phi) is 4.11. The third kappa shape index (κ3) is 3.29. The molecule has 2 heterocycles. The molecule has 1 aromatic carbocycles. The minimum atomic E-state index is -0.489. The van der Waals surface area contributed by atoms with Crippen molar-refractivity contribution < 1.29 is 9.53 Å². The maximum absolute atomic E-state index is 11.8. The van der Waals surface area contributed by atoms with Gasteiger partial charge in [0, 0.05) is 6.08 Å². The van der Waals surface area contributed by atoms with Crippen molar-refractivity contribution in [3.05, 3.63) is 69.6 Å². The molecule has 0 saturated heterocycles. The molecule has 0 aliphatic rings. The zero-order chi connectivity index (χ0) is 15.4. The van der Waals surface area contributed by atoms with Crippen LogP contribution in [0.1, 0.15) is 11.4 Å². The second-order valence-corrected chi connectivity index (χ2v) is 5.42. The molecule has 0 fully saturated rings. The number of H-pyrrole nitrogens is 1. The van der Waals surface area contributed by atoms with E-state index < -0.39 is 5.97 Å². The molecule has 110 valence electrons. The second kappa shape index (κ2) is 6.36. The lowest BCUT2D eigenvalue weighted by molar-refractivity contribution is -0.139.